The smallest absolute Gasteiger partial charge is 0.320 e. The minimum Gasteiger partial charge on any atom is -0.338 e. The first-order valence-corrected chi connectivity index (χ1v) is 7.38. The standard InChI is InChI=1S/C15H20N6O2/c1-4-17-15(23)19-11-8-21-6-5-10(7-12(21)18-11)13(16)20-14(22)9(2)3/h5-9H,4H2,1-3H3,(H2,16,20,22)(H2,17,19,23)/p+1. The maximum atomic E-state index is 11.7. The lowest BCUT2D eigenvalue weighted by atomic mass is 10.2. The van der Waals surface area contributed by atoms with Crippen molar-refractivity contribution in [2.75, 3.05) is 11.9 Å². The van der Waals surface area contributed by atoms with Gasteiger partial charge in [-0.25, -0.2) is 19.9 Å². The van der Waals surface area contributed by atoms with Crippen molar-refractivity contribution in [1.29, 1.82) is 0 Å². The van der Waals surface area contributed by atoms with Gasteiger partial charge < -0.3 is 9.72 Å². The van der Waals surface area contributed by atoms with Crippen molar-refractivity contribution in [2.45, 2.75) is 20.8 Å². The van der Waals surface area contributed by atoms with Gasteiger partial charge in [-0.15, -0.1) is 0 Å². The van der Waals surface area contributed by atoms with E-state index in [1.807, 2.05) is 6.92 Å². The molecule has 0 unspecified atom stereocenters. The summed E-state index contributed by atoms with van der Waals surface area (Å²) in [5, 5.41) is 13.8. The summed E-state index contributed by atoms with van der Waals surface area (Å²) in [6.45, 7) is 5.95. The molecule has 0 fully saturated rings. The van der Waals surface area contributed by atoms with E-state index in [0.717, 1.165) is 0 Å². The summed E-state index contributed by atoms with van der Waals surface area (Å²) in [7, 11) is 0. The summed E-state index contributed by atoms with van der Waals surface area (Å²) in [4.78, 5) is 27.5. The Balaban J connectivity index is 2.17. The van der Waals surface area contributed by atoms with Crippen LogP contribution in [0, 0.1) is 5.92 Å². The van der Waals surface area contributed by atoms with Gasteiger partial charge in [0.2, 0.25) is 0 Å². The number of carbonyl (C=O) groups excluding carboxylic acids is 2. The van der Waals surface area contributed by atoms with Crippen LogP contribution in [0.1, 0.15) is 26.3 Å². The minimum absolute atomic E-state index is 0.149. The lowest BCUT2D eigenvalue weighted by Gasteiger charge is -2.02. The molecule has 0 radical (unpaired) electrons. The van der Waals surface area contributed by atoms with Crippen LogP contribution in [0.5, 0.6) is 0 Å². The Kier molecular flexibility index (Phi) is 4.95. The van der Waals surface area contributed by atoms with Crippen molar-refractivity contribution < 1.29 is 15.0 Å². The zero-order valence-corrected chi connectivity index (χ0v) is 13.4. The average Bonchev–Trinajstić information content (AvgIpc) is 2.88. The third kappa shape index (κ3) is 4.06. The highest BCUT2D eigenvalue weighted by molar-refractivity contribution is 6.05. The number of fused-ring (bicyclic) bond motifs is 1. The molecule has 0 atom stereocenters. The molecule has 0 spiro atoms. The molecule has 0 aliphatic rings. The summed E-state index contributed by atoms with van der Waals surface area (Å²) >= 11 is 0. The second kappa shape index (κ2) is 6.91. The van der Waals surface area contributed by atoms with Crippen LogP contribution in [0.3, 0.4) is 0 Å². The maximum Gasteiger partial charge on any atom is 0.320 e. The van der Waals surface area contributed by atoms with E-state index >= 15 is 0 Å². The summed E-state index contributed by atoms with van der Waals surface area (Å²) in [6.07, 6.45) is 3.45. The van der Waals surface area contributed by atoms with Gasteiger partial charge in [0.25, 0.3) is 5.84 Å². The van der Waals surface area contributed by atoms with Crippen molar-refractivity contribution in [3.8, 4) is 0 Å². The lowest BCUT2D eigenvalue weighted by Crippen LogP contribution is -2.52. The molecule has 122 valence electrons. The van der Waals surface area contributed by atoms with Gasteiger partial charge >= 0.3 is 11.9 Å². The number of urea groups is 1. The highest BCUT2D eigenvalue weighted by Crippen LogP contribution is 2.11. The first-order valence-electron chi connectivity index (χ1n) is 7.38. The predicted molar refractivity (Wildman–Crippen MR) is 86.9 cm³/mol. The number of nitrogens with two attached hydrogens (primary N) is 1. The molecule has 2 aromatic rings. The molecule has 0 aliphatic heterocycles. The maximum absolute atomic E-state index is 11.7. The van der Waals surface area contributed by atoms with E-state index in [1.54, 1.807) is 42.8 Å². The number of rotatable bonds is 4. The number of amides is 3. The van der Waals surface area contributed by atoms with Gasteiger partial charge in [-0.1, -0.05) is 13.8 Å². The quantitative estimate of drug-likeness (QED) is 0.461. The van der Waals surface area contributed by atoms with Gasteiger partial charge in [0.05, 0.1) is 17.7 Å². The molecule has 2 rings (SSSR count). The van der Waals surface area contributed by atoms with Crippen LogP contribution in [0.15, 0.2) is 24.5 Å². The Bertz CT molecular complexity index is 750. The first-order chi connectivity index (χ1) is 10.9. The topological polar surface area (TPSA) is 113 Å². The number of hydrogen-bond acceptors (Lipinski definition) is 3. The Morgan fingerprint density at radius 1 is 1.39 bits per heavy atom. The second-order valence-corrected chi connectivity index (χ2v) is 5.35. The van der Waals surface area contributed by atoms with Gasteiger partial charge in [-0.3, -0.25) is 10.7 Å². The number of aromatic nitrogens is 2. The van der Waals surface area contributed by atoms with Crippen LogP contribution in [0.2, 0.25) is 0 Å². The predicted octanol–water partition coefficient (Wildman–Crippen LogP) is -0.246. The molecular weight excluding hydrogens is 296 g/mol. The highest BCUT2D eigenvalue weighted by Gasteiger charge is 2.17. The molecule has 2 aromatic heterocycles. The minimum atomic E-state index is -0.314. The van der Waals surface area contributed by atoms with Crippen LogP contribution < -0.4 is 21.4 Å². The van der Waals surface area contributed by atoms with E-state index in [0.29, 0.717) is 23.6 Å². The number of anilines is 1. The Morgan fingerprint density at radius 2 is 2.13 bits per heavy atom. The summed E-state index contributed by atoms with van der Waals surface area (Å²) in [5.74, 6) is 0.395. The van der Waals surface area contributed by atoms with Gasteiger partial charge in [-0.05, 0) is 19.1 Å². The summed E-state index contributed by atoms with van der Waals surface area (Å²) in [5.41, 5.74) is 1.26. The lowest BCUT2D eigenvalue weighted by molar-refractivity contribution is -0.130. The molecule has 3 amide bonds. The van der Waals surface area contributed by atoms with Crippen LogP contribution >= 0.6 is 0 Å². The fourth-order valence-corrected chi connectivity index (χ4v) is 1.88. The molecule has 8 nitrogen and oxygen atoms in total. The SMILES string of the molecule is CCNC(=O)Nc1cn2ccc(C(=[NH2+])NC(=O)C(C)C)cc2n1. The van der Waals surface area contributed by atoms with Gasteiger partial charge in [0.1, 0.15) is 5.65 Å². The zero-order valence-electron chi connectivity index (χ0n) is 13.4. The normalized spacial score (nSPS) is 10.6. The molecule has 23 heavy (non-hydrogen) atoms. The number of hydrogen-bond donors (Lipinski definition) is 4. The van der Waals surface area contributed by atoms with Crippen LogP contribution in [0.4, 0.5) is 10.6 Å². The third-order valence-electron chi connectivity index (χ3n) is 3.13. The summed E-state index contributed by atoms with van der Waals surface area (Å²) in [6, 6.07) is 3.19. The second-order valence-electron chi connectivity index (χ2n) is 5.35. The number of amidine groups is 1. The fourth-order valence-electron chi connectivity index (χ4n) is 1.88. The largest absolute Gasteiger partial charge is 0.338 e. The van der Waals surface area contributed by atoms with Gasteiger partial charge in [0, 0.05) is 12.7 Å². The third-order valence-corrected chi connectivity index (χ3v) is 3.13. The number of nitrogens with one attached hydrogen (secondary N) is 3. The van der Waals surface area contributed by atoms with Crippen LogP contribution in [-0.2, 0) is 4.79 Å². The number of carbonyl (C=O) groups is 2. The molecule has 0 aromatic carbocycles. The van der Waals surface area contributed by atoms with Crippen molar-refractivity contribution in [1.82, 2.24) is 20.0 Å². The van der Waals surface area contributed by atoms with Crippen LogP contribution in [-0.4, -0.2) is 33.7 Å². The van der Waals surface area contributed by atoms with Crippen molar-refractivity contribution >= 4 is 29.2 Å². The van der Waals surface area contributed by atoms with Crippen molar-refractivity contribution in [2.24, 2.45) is 5.92 Å². The van der Waals surface area contributed by atoms with E-state index < -0.39 is 0 Å². The highest BCUT2D eigenvalue weighted by atomic mass is 16.2. The molecule has 0 aliphatic carbocycles. The number of nitrogens with zero attached hydrogens (tertiary/aromatic N) is 2. The van der Waals surface area contributed by atoms with Crippen molar-refractivity contribution in [3.63, 3.8) is 0 Å². The molecule has 8 heteroatoms. The molecule has 0 saturated carbocycles. The monoisotopic (exact) mass is 317 g/mol. The molecular formula is C15H21N6O2+. The molecule has 5 N–H and O–H groups in total. The van der Waals surface area contributed by atoms with E-state index in [-0.39, 0.29) is 23.7 Å². The van der Waals surface area contributed by atoms with Crippen molar-refractivity contribution in [3.05, 3.63) is 30.1 Å². The van der Waals surface area contributed by atoms with E-state index in [9.17, 15) is 9.59 Å². The molecule has 0 bridgehead atoms. The van der Waals surface area contributed by atoms with Gasteiger partial charge in [0.15, 0.2) is 5.82 Å². The zero-order chi connectivity index (χ0) is 17.0. The number of imidazole rings is 1. The Hall–Kier alpha value is -2.90. The van der Waals surface area contributed by atoms with E-state index in [1.165, 1.54) is 0 Å². The Morgan fingerprint density at radius 3 is 2.78 bits per heavy atom. The number of pyridine rings is 1. The fraction of sp³-hybridized carbons (Fsp3) is 0.333. The van der Waals surface area contributed by atoms with Crippen LogP contribution in [0.25, 0.3) is 5.65 Å². The van der Waals surface area contributed by atoms with E-state index in [4.69, 9.17) is 5.41 Å². The first kappa shape index (κ1) is 16.5. The molecule has 2 heterocycles. The Labute approximate surface area is 133 Å². The van der Waals surface area contributed by atoms with Gasteiger partial charge in [-0.2, -0.15) is 0 Å². The summed E-state index contributed by atoms with van der Waals surface area (Å²) < 4.78 is 1.75. The van der Waals surface area contributed by atoms with E-state index in [2.05, 4.69) is 20.9 Å². The molecule has 0 saturated heterocycles. The average molecular weight is 317 g/mol.